The molecule has 1 unspecified atom stereocenters. The number of esters is 1. The van der Waals surface area contributed by atoms with Crippen molar-refractivity contribution in [3.63, 3.8) is 0 Å². The van der Waals surface area contributed by atoms with Gasteiger partial charge in [0.05, 0.1) is 29.5 Å². The minimum Gasteiger partial charge on any atom is -0.496 e. The third-order valence-electron chi connectivity index (χ3n) is 5.19. The number of hydrogen-bond donors (Lipinski definition) is 0. The molecule has 4 rings (SSSR count). The first-order chi connectivity index (χ1) is 16.0. The standard InChI is InChI=1S/C24H23BrN2O5S/c1-4-8-16-20(23(29)31-5-2)21(15-9-6-7-10-17(15)30-3)27-22(28)18(33-24(27)26-16)13-14-11-12-19(25)32-14/h6-7,9-13,21H,4-5,8H2,1-3H3/b18-13-. The van der Waals surface area contributed by atoms with Gasteiger partial charge in [-0.05, 0) is 47.5 Å². The molecule has 7 nitrogen and oxygen atoms in total. The van der Waals surface area contributed by atoms with Gasteiger partial charge in [0.2, 0.25) is 0 Å². The van der Waals surface area contributed by atoms with E-state index in [4.69, 9.17) is 18.9 Å². The highest BCUT2D eigenvalue weighted by molar-refractivity contribution is 9.10. The third kappa shape index (κ3) is 4.47. The van der Waals surface area contributed by atoms with E-state index < -0.39 is 12.0 Å². The van der Waals surface area contributed by atoms with Crippen molar-refractivity contribution in [2.45, 2.75) is 32.7 Å². The van der Waals surface area contributed by atoms with Crippen LogP contribution in [0.2, 0.25) is 0 Å². The lowest BCUT2D eigenvalue weighted by Crippen LogP contribution is -2.40. The second kappa shape index (κ2) is 9.93. The topological polar surface area (TPSA) is 83.0 Å². The molecule has 1 aliphatic heterocycles. The van der Waals surface area contributed by atoms with Gasteiger partial charge in [-0.15, -0.1) is 0 Å². The molecule has 9 heteroatoms. The van der Waals surface area contributed by atoms with Gasteiger partial charge in [-0.1, -0.05) is 42.9 Å². The summed E-state index contributed by atoms with van der Waals surface area (Å²) in [5.74, 6) is 0.635. The summed E-state index contributed by atoms with van der Waals surface area (Å²) in [7, 11) is 1.57. The summed E-state index contributed by atoms with van der Waals surface area (Å²) in [4.78, 5) is 32.0. The van der Waals surface area contributed by atoms with Gasteiger partial charge in [-0.25, -0.2) is 9.79 Å². The number of halogens is 1. The van der Waals surface area contributed by atoms with Crippen molar-refractivity contribution in [1.29, 1.82) is 0 Å². The van der Waals surface area contributed by atoms with Crippen LogP contribution in [-0.2, 0) is 9.53 Å². The maximum Gasteiger partial charge on any atom is 0.338 e. The number of para-hydroxylation sites is 1. The number of rotatable bonds is 7. The van der Waals surface area contributed by atoms with Gasteiger partial charge in [0.1, 0.15) is 17.6 Å². The number of thiazole rings is 1. The van der Waals surface area contributed by atoms with Crippen LogP contribution in [0.5, 0.6) is 5.75 Å². The van der Waals surface area contributed by atoms with E-state index in [1.54, 1.807) is 36.8 Å². The van der Waals surface area contributed by atoms with Gasteiger partial charge >= 0.3 is 5.97 Å². The first kappa shape index (κ1) is 23.3. The number of furan rings is 1. The number of ether oxygens (including phenoxy) is 2. The average Bonchev–Trinajstić information content (AvgIpc) is 3.35. The fourth-order valence-corrected chi connectivity index (χ4v) is 5.16. The molecule has 2 aromatic heterocycles. The van der Waals surface area contributed by atoms with E-state index in [0.29, 0.717) is 48.8 Å². The molecular weight excluding hydrogens is 508 g/mol. The van der Waals surface area contributed by atoms with Crippen molar-refractivity contribution in [2.75, 3.05) is 13.7 Å². The zero-order chi connectivity index (χ0) is 23.5. The van der Waals surface area contributed by atoms with Gasteiger partial charge in [-0.2, -0.15) is 0 Å². The van der Waals surface area contributed by atoms with Gasteiger partial charge in [0.25, 0.3) is 5.56 Å². The number of methoxy groups -OCH3 is 1. The Balaban J connectivity index is 2.03. The molecule has 0 radical (unpaired) electrons. The Labute approximate surface area is 202 Å². The Morgan fingerprint density at radius 1 is 1.27 bits per heavy atom. The number of carbonyl (C=O) groups excluding carboxylic acids is 1. The maximum absolute atomic E-state index is 13.6. The lowest BCUT2D eigenvalue weighted by molar-refractivity contribution is -0.139. The molecular formula is C24H23BrN2O5S. The first-order valence-electron chi connectivity index (χ1n) is 10.6. The van der Waals surface area contributed by atoms with Gasteiger partial charge in [-0.3, -0.25) is 9.36 Å². The number of nitrogens with zero attached hydrogens (tertiary/aromatic N) is 2. The molecule has 0 saturated carbocycles. The van der Waals surface area contributed by atoms with E-state index in [2.05, 4.69) is 15.9 Å². The van der Waals surface area contributed by atoms with Crippen LogP contribution < -0.4 is 19.6 Å². The molecule has 172 valence electrons. The summed E-state index contributed by atoms with van der Waals surface area (Å²) in [6.45, 7) is 4.00. The Bertz CT molecular complexity index is 1400. The van der Waals surface area contributed by atoms with E-state index in [1.807, 2.05) is 31.2 Å². The Morgan fingerprint density at radius 2 is 2.06 bits per heavy atom. The van der Waals surface area contributed by atoms with Gasteiger partial charge in [0.15, 0.2) is 9.47 Å². The quantitative estimate of drug-likeness (QED) is 0.432. The van der Waals surface area contributed by atoms with Crippen LogP contribution in [0, 0.1) is 0 Å². The van der Waals surface area contributed by atoms with E-state index in [1.165, 1.54) is 11.3 Å². The zero-order valence-electron chi connectivity index (χ0n) is 18.5. The predicted octanol–water partition coefficient (Wildman–Crippen LogP) is 3.94. The number of fused-ring (bicyclic) bond motifs is 1. The summed E-state index contributed by atoms with van der Waals surface area (Å²) in [6.07, 6.45) is 3.05. The van der Waals surface area contributed by atoms with Crippen molar-refractivity contribution in [3.8, 4) is 5.75 Å². The summed E-state index contributed by atoms with van der Waals surface area (Å²) >= 11 is 4.54. The molecule has 3 aromatic rings. The number of hydrogen-bond acceptors (Lipinski definition) is 7. The van der Waals surface area contributed by atoms with Crippen LogP contribution >= 0.6 is 27.3 Å². The largest absolute Gasteiger partial charge is 0.496 e. The van der Waals surface area contributed by atoms with Crippen molar-refractivity contribution >= 4 is 39.3 Å². The van der Waals surface area contributed by atoms with E-state index in [-0.39, 0.29) is 12.2 Å². The van der Waals surface area contributed by atoms with E-state index in [9.17, 15) is 9.59 Å². The molecule has 1 atom stereocenters. The lowest BCUT2D eigenvalue weighted by atomic mass is 9.93. The SMILES string of the molecule is CCCC1=C(C(=O)OCC)C(c2ccccc2OC)n2c(s/c(=C\c3ccc(Br)o3)c2=O)=N1. The smallest absolute Gasteiger partial charge is 0.338 e. The molecule has 0 bridgehead atoms. The van der Waals surface area contributed by atoms with Crippen LogP contribution in [0.25, 0.3) is 6.08 Å². The lowest BCUT2D eigenvalue weighted by Gasteiger charge is -2.26. The highest BCUT2D eigenvalue weighted by Gasteiger charge is 2.35. The minimum absolute atomic E-state index is 0.220. The summed E-state index contributed by atoms with van der Waals surface area (Å²) < 4.78 is 19.1. The third-order valence-corrected chi connectivity index (χ3v) is 6.60. The fraction of sp³-hybridized carbons (Fsp3) is 0.292. The molecule has 0 saturated heterocycles. The summed E-state index contributed by atoms with van der Waals surface area (Å²) in [5.41, 5.74) is 1.42. The molecule has 0 amide bonds. The fourth-order valence-electron chi connectivity index (χ4n) is 3.84. The Kier molecular flexibility index (Phi) is 6.99. The highest BCUT2D eigenvalue weighted by Crippen LogP contribution is 2.36. The molecule has 0 spiro atoms. The van der Waals surface area contributed by atoms with Crippen molar-refractivity contribution in [2.24, 2.45) is 4.99 Å². The number of carbonyl (C=O) groups is 1. The van der Waals surface area contributed by atoms with Crippen molar-refractivity contribution in [3.05, 3.63) is 83.3 Å². The summed E-state index contributed by atoms with van der Waals surface area (Å²) in [6, 6.07) is 10.2. The van der Waals surface area contributed by atoms with E-state index in [0.717, 1.165) is 6.42 Å². The number of aromatic nitrogens is 1. The van der Waals surface area contributed by atoms with Crippen LogP contribution in [0.15, 0.2) is 66.5 Å². The molecule has 1 aromatic carbocycles. The summed E-state index contributed by atoms with van der Waals surface area (Å²) in [5, 5.41) is 0. The van der Waals surface area contributed by atoms with E-state index >= 15 is 0 Å². The molecule has 3 heterocycles. The average molecular weight is 531 g/mol. The second-order valence-electron chi connectivity index (χ2n) is 7.30. The van der Waals surface area contributed by atoms with Crippen molar-refractivity contribution in [1.82, 2.24) is 4.57 Å². The molecule has 33 heavy (non-hydrogen) atoms. The van der Waals surface area contributed by atoms with Crippen LogP contribution in [0.1, 0.15) is 44.1 Å². The van der Waals surface area contributed by atoms with Gasteiger partial charge in [0, 0.05) is 11.6 Å². The van der Waals surface area contributed by atoms with Crippen LogP contribution in [0.3, 0.4) is 0 Å². The Morgan fingerprint density at radius 3 is 2.73 bits per heavy atom. The number of allylic oxidation sites excluding steroid dienone is 1. The number of benzene rings is 1. The first-order valence-corrected chi connectivity index (χ1v) is 12.2. The van der Waals surface area contributed by atoms with Crippen LogP contribution in [0.4, 0.5) is 0 Å². The maximum atomic E-state index is 13.6. The minimum atomic E-state index is -0.719. The van der Waals surface area contributed by atoms with Crippen LogP contribution in [-0.4, -0.2) is 24.3 Å². The van der Waals surface area contributed by atoms with Crippen molar-refractivity contribution < 1.29 is 18.7 Å². The Hall–Kier alpha value is -2.91. The normalized spacial score (nSPS) is 15.9. The molecule has 0 aliphatic carbocycles. The monoisotopic (exact) mass is 530 g/mol. The zero-order valence-corrected chi connectivity index (χ0v) is 20.9. The van der Waals surface area contributed by atoms with Gasteiger partial charge < -0.3 is 13.9 Å². The highest BCUT2D eigenvalue weighted by atomic mass is 79.9. The second-order valence-corrected chi connectivity index (χ2v) is 9.09. The molecule has 1 aliphatic rings. The molecule has 0 N–H and O–H groups in total. The predicted molar refractivity (Wildman–Crippen MR) is 129 cm³/mol. The molecule has 0 fully saturated rings.